The van der Waals surface area contributed by atoms with Gasteiger partial charge >= 0.3 is 6.03 Å². The van der Waals surface area contributed by atoms with Crippen LogP contribution in [-0.2, 0) is 0 Å². The zero-order valence-corrected chi connectivity index (χ0v) is 6.67. The minimum Gasteiger partial charge on any atom is -0.355 e. The average Bonchev–Trinajstić information content (AvgIpc) is 2.05. The van der Waals surface area contributed by atoms with Gasteiger partial charge in [0.05, 0.1) is 13.1 Å². The van der Waals surface area contributed by atoms with Crippen LogP contribution >= 0.6 is 11.8 Å². The Balaban J connectivity index is 2.45. The minimum absolute atomic E-state index is 0.504. The van der Waals surface area contributed by atoms with E-state index in [0.717, 1.165) is 11.5 Å². The normalized spacial score (nSPS) is 18.0. The Morgan fingerprint density at radius 2 is 2.00 bits per heavy atom. The summed E-state index contributed by atoms with van der Waals surface area (Å²) in [6, 6.07) is -0.967. The lowest BCUT2D eigenvalue weighted by Crippen LogP contribution is -2.40. The Bertz CT molecular complexity index is 179. The Kier molecular flexibility index (Phi) is 2.70. The van der Waals surface area contributed by atoms with Crippen LogP contribution < -0.4 is 0 Å². The Labute approximate surface area is 67.9 Å². The average molecular weight is 176 g/mol. The number of nitro groups is 1. The smallest absolute Gasteiger partial charge is 0.355 e. The summed E-state index contributed by atoms with van der Waals surface area (Å²) in [5.41, 5.74) is 0. The highest BCUT2D eigenvalue weighted by Gasteiger charge is 2.26. The summed E-state index contributed by atoms with van der Waals surface area (Å²) in [6.07, 6.45) is 0. The first-order chi connectivity index (χ1) is 5.22. The molecule has 0 bridgehead atoms. The summed E-state index contributed by atoms with van der Waals surface area (Å²) in [7, 11) is 0. The quantitative estimate of drug-likeness (QED) is 0.396. The van der Waals surface area contributed by atoms with Crippen molar-refractivity contribution in [2.24, 2.45) is 0 Å². The van der Waals surface area contributed by atoms with E-state index in [0.29, 0.717) is 13.1 Å². The lowest BCUT2D eigenvalue weighted by atomic mass is 10.5. The van der Waals surface area contributed by atoms with Gasteiger partial charge in [0, 0.05) is 16.4 Å². The molecule has 1 saturated heterocycles. The number of thioether (sulfide) groups is 1. The zero-order chi connectivity index (χ0) is 8.27. The maximum absolute atomic E-state index is 10.7. The van der Waals surface area contributed by atoms with E-state index in [1.54, 1.807) is 11.8 Å². The van der Waals surface area contributed by atoms with Gasteiger partial charge in [0.2, 0.25) is 0 Å². The van der Waals surface area contributed by atoms with Gasteiger partial charge < -0.3 is 10.1 Å². The fraction of sp³-hybridized carbons (Fsp3) is 0.800. The van der Waals surface area contributed by atoms with Crippen molar-refractivity contribution in [1.29, 1.82) is 0 Å². The molecule has 0 saturated carbocycles. The highest BCUT2D eigenvalue weighted by Crippen LogP contribution is 2.09. The molecule has 0 aromatic carbocycles. The fourth-order valence-corrected chi connectivity index (χ4v) is 1.77. The number of nitrogens with zero attached hydrogens (tertiary/aromatic N) is 2. The maximum atomic E-state index is 10.7. The summed E-state index contributed by atoms with van der Waals surface area (Å²) < 4.78 is 0. The molecule has 0 aliphatic carbocycles. The van der Waals surface area contributed by atoms with Crippen molar-refractivity contribution in [3.05, 3.63) is 10.1 Å². The fourth-order valence-electron chi connectivity index (χ4n) is 0.870. The molecule has 1 rings (SSSR count). The van der Waals surface area contributed by atoms with Gasteiger partial charge in [-0.3, -0.25) is 0 Å². The van der Waals surface area contributed by atoms with Crippen LogP contribution in [0.25, 0.3) is 0 Å². The van der Waals surface area contributed by atoms with Crippen LogP contribution in [-0.4, -0.2) is 40.4 Å². The van der Waals surface area contributed by atoms with Gasteiger partial charge in [0.25, 0.3) is 0 Å². The van der Waals surface area contributed by atoms with Crippen LogP contribution in [0.5, 0.6) is 0 Å². The number of amides is 2. The van der Waals surface area contributed by atoms with Crippen LogP contribution in [0, 0.1) is 10.1 Å². The Morgan fingerprint density at radius 3 is 2.45 bits per heavy atom. The molecule has 1 aliphatic rings. The highest BCUT2D eigenvalue weighted by molar-refractivity contribution is 7.99. The van der Waals surface area contributed by atoms with Crippen LogP contribution in [0.1, 0.15) is 0 Å². The largest absolute Gasteiger partial charge is 0.534 e. The summed E-state index contributed by atoms with van der Waals surface area (Å²) in [4.78, 5) is 21.1. The Hall–Kier alpha value is -0.780. The second-order valence-corrected chi connectivity index (χ2v) is 3.36. The molecule has 0 N–H and O–H groups in total. The molecule has 0 unspecified atom stereocenters. The second kappa shape index (κ2) is 3.56. The molecule has 0 aromatic heterocycles. The van der Waals surface area contributed by atoms with E-state index in [1.807, 2.05) is 0 Å². The lowest BCUT2D eigenvalue weighted by Gasteiger charge is -2.18. The molecule has 0 spiro atoms. The van der Waals surface area contributed by atoms with Gasteiger partial charge in [0.15, 0.2) is 0 Å². The number of carbonyl (C=O) groups is 1. The third kappa shape index (κ3) is 2.07. The predicted octanol–water partition coefficient (Wildman–Crippen LogP) is 0.432. The van der Waals surface area contributed by atoms with Gasteiger partial charge in [-0.15, -0.1) is 0 Å². The van der Waals surface area contributed by atoms with E-state index in [-0.39, 0.29) is 0 Å². The molecule has 1 heterocycles. The van der Waals surface area contributed by atoms with Gasteiger partial charge in [-0.2, -0.15) is 16.6 Å². The number of urea groups is 1. The van der Waals surface area contributed by atoms with Crippen molar-refractivity contribution < 1.29 is 9.72 Å². The number of hydrogen-bond acceptors (Lipinski definition) is 4. The van der Waals surface area contributed by atoms with Crippen molar-refractivity contribution in [2.75, 3.05) is 24.6 Å². The first kappa shape index (κ1) is 8.32. The second-order valence-electron chi connectivity index (χ2n) is 2.14. The van der Waals surface area contributed by atoms with Gasteiger partial charge in [0.1, 0.15) is 0 Å². The first-order valence-electron chi connectivity index (χ1n) is 3.23. The topological polar surface area (TPSA) is 63.5 Å². The molecule has 0 atom stereocenters. The van der Waals surface area contributed by atoms with Crippen LogP contribution in [0.15, 0.2) is 0 Å². The van der Waals surface area contributed by atoms with E-state index < -0.39 is 11.0 Å². The van der Waals surface area contributed by atoms with E-state index in [9.17, 15) is 14.9 Å². The van der Waals surface area contributed by atoms with Crippen molar-refractivity contribution in [3.63, 3.8) is 0 Å². The molecule has 1 fully saturated rings. The lowest BCUT2D eigenvalue weighted by molar-refractivity contribution is -0.384. The van der Waals surface area contributed by atoms with Gasteiger partial charge in [-0.05, 0) is 0 Å². The molecular weight excluding hydrogens is 168 g/mol. The molecule has 5 nitrogen and oxygen atoms in total. The van der Waals surface area contributed by atoms with Crippen molar-refractivity contribution in [2.45, 2.75) is 0 Å². The Morgan fingerprint density at radius 1 is 1.45 bits per heavy atom. The molecule has 0 radical (unpaired) electrons. The third-order valence-electron chi connectivity index (χ3n) is 1.44. The highest BCUT2D eigenvalue weighted by atomic mass is 32.2. The molecule has 2 amide bonds. The van der Waals surface area contributed by atoms with Crippen molar-refractivity contribution >= 4 is 17.8 Å². The number of rotatable bonds is 0. The summed E-state index contributed by atoms with van der Waals surface area (Å²) in [6.45, 7) is 1.01. The first-order valence-corrected chi connectivity index (χ1v) is 4.38. The SMILES string of the molecule is O=C(N1CCSCC1)[N+](=O)[O-]. The molecule has 11 heavy (non-hydrogen) atoms. The molecule has 0 aromatic rings. The summed E-state index contributed by atoms with van der Waals surface area (Å²) >= 11 is 1.71. The number of carbonyl (C=O) groups excluding carboxylic acids is 1. The van der Waals surface area contributed by atoms with Crippen molar-refractivity contribution in [1.82, 2.24) is 4.90 Å². The zero-order valence-electron chi connectivity index (χ0n) is 5.86. The van der Waals surface area contributed by atoms with E-state index >= 15 is 0 Å². The van der Waals surface area contributed by atoms with E-state index in [4.69, 9.17) is 0 Å². The molecular formula is C5H8N2O3S. The maximum Gasteiger partial charge on any atom is 0.534 e. The van der Waals surface area contributed by atoms with E-state index in [2.05, 4.69) is 0 Å². The van der Waals surface area contributed by atoms with Crippen LogP contribution in [0.4, 0.5) is 4.79 Å². The molecule has 62 valence electrons. The number of hydrogen-bond donors (Lipinski definition) is 0. The molecule has 1 aliphatic heterocycles. The minimum atomic E-state index is -0.967. The monoisotopic (exact) mass is 176 g/mol. The van der Waals surface area contributed by atoms with Gasteiger partial charge in [-0.25, -0.2) is 4.90 Å². The van der Waals surface area contributed by atoms with E-state index in [1.165, 1.54) is 4.90 Å². The van der Waals surface area contributed by atoms with Crippen molar-refractivity contribution in [3.8, 4) is 0 Å². The molecule has 6 heteroatoms. The van der Waals surface area contributed by atoms with Crippen LogP contribution in [0.2, 0.25) is 0 Å². The standard InChI is InChI=1S/C5H8N2O3S/c8-5(7(9)10)6-1-3-11-4-2-6/h1-4H2. The van der Waals surface area contributed by atoms with Gasteiger partial charge in [-0.1, -0.05) is 0 Å². The van der Waals surface area contributed by atoms with Crippen LogP contribution in [0.3, 0.4) is 0 Å². The third-order valence-corrected chi connectivity index (χ3v) is 2.38. The summed E-state index contributed by atoms with van der Waals surface area (Å²) in [5, 5.41) is 10.0. The summed E-state index contributed by atoms with van der Waals surface area (Å²) in [5.74, 6) is 1.61. The predicted molar refractivity (Wildman–Crippen MR) is 41.3 cm³/mol.